The minimum Gasteiger partial charge on any atom is -0.301 e. The van der Waals surface area contributed by atoms with Crippen LogP contribution in [0.1, 0.15) is 30.4 Å². The van der Waals surface area contributed by atoms with Gasteiger partial charge in [0.05, 0.1) is 18.3 Å². The number of alkyl halides is 3. The van der Waals surface area contributed by atoms with Crippen molar-refractivity contribution < 1.29 is 18.0 Å². The van der Waals surface area contributed by atoms with Gasteiger partial charge in [0.15, 0.2) is 5.13 Å². The lowest BCUT2D eigenvalue weighted by Crippen LogP contribution is -2.41. The highest BCUT2D eigenvalue weighted by Crippen LogP contribution is 2.28. The number of likely N-dealkylation sites (tertiary alicyclic amines) is 1. The predicted octanol–water partition coefficient (Wildman–Crippen LogP) is 1.64. The fourth-order valence-corrected chi connectivity index (χ4v) is 3.74. The molecule has 0 saturated carbocycles. The van der Waals surface area contributed by atoms with Crippen LogP contribution in [0, 0.1) is 6.92 Å². The van der Waals surface area contributed by atoms with E-state index in [0.29, 0.717) is 35.6 Å². The van der Waals surface area contributed by atoms with E-state index >= 15 is 0 Å². The molecule has 8 nitrogen and oxygen atoms in total. The molecule has 0 spiro atoms. The third-order valence-electron chi connectivity index (χ3n) is 4.39. The van der Waals surface area contributed by atoms with Crippen molar-refractivity contribution in [1.29, 1.82) is 0 Å². The van der Waals surface area contributed by atoms with E-state index in [1.165, 1.54) is 11.3 Å². The van der Waals surface area contributed by atoms with Crippen LogP contribution in [0.2, 0.25) is 0 Å². The van der Waals surface area contributed by atoms with E-state index in [1.54, 1.807) is 0 Å². The minimum atomic E-state index is -4.67. The molecule has 2 aromatic heterocycles. The number of anilines is 1. The molecule has 0 radical (unpaired) electrons. The Bertz CT molecular complexity index is 879. The molecule has 0 unspecified atom stereocenters. The Balaban J connectivity index is 1.58. The fraction of sp³-hybridized carbons (Fsp3) is 0.600. The molecule has 1 fully saturated rings. The van der Waals surface area contributed by atoms with Crippen LogP contribution < -0.4 is 11.0 Å². The molecule has 1 aliphatic rings. The second kappa shape index (κ2) is 7.43. The van der Waals surface area contributed by atoms with Crippen molar-refractivity contribution in [1.82, 2.24) is 24.2 Å². The van der Waals surface area contributed by atoms with Gasteiger partial charge in [-0.1, -0.05) is 0 Å². The van der Waals surface area contributed by atoms with Crippen LogP contribution in [0.4, 0.5) is 18.3 Å². The number of aromatic nitrogens is 4. The molecule has 0 bridgehead atoms. The average molecular weight is 404 g/mol. The number of hydrogen-bond acceptors (Lipinski definition) is 6. The summed E-state index contributed by atoms with van der Waals surface area (Å²) in [7, 11) is 1.06. The van der Waals surface area contributed by atoms with Crippen molar-refractivity contribution in [2.75, 3.05) is 25.0 Å². The van der Waals surface area contributed by atoms with Crippen LogP contribution in [0.3, 0.4) is 0 Å². The number of nitrogens with one attached hydrogen (secondary N) is 1. The lowest BCUT2D eigenvalue weighted by Gasteiger charge is -2.30. The summed E-state index contributed by atoms with van der Waals surface area (Å²) in [6.07, 6.45) is -3.79. The molecule has 148 valence electrons. The number of amides is 1. The van der Waals surface area contributed by atoms with Crippen molar-refractivity contribution >= 4 is 22.4 Å². The van der Waals surface area contributed by atoms with E-state index in [4.69, 9.17) is 0 Å². The van der Waals surface area contributed by atoms with Gasteiger partial charge in [-0.25, -0.2) is 14.5 Å². The van der Waals surface area contributed by atoms with E-state index in [0.717, 1.165) is 17.4 Å². The highest BCUT2D eigenvalue weighted by Gasteiger charge is 2.39. The Morgan fingerprint density at radius 3 is 2.56 bits per heavy atom. The van der Waals surface area contributed by atoms with E-state index < -0.39 is 23.7 Å². The van der Waals surface area contributed by atoms with Crippen LogP contribution in [-0.4, -0.2) is 49.8 Å². The van der Waals surface area contributed by atoms with Crippen molar-refractivity contribution in [3.05, 3.63) is 27.4 Å². The molecule has 0 atom stereocenters. The fourth-order valence-electron chi connectivity index (χ4n) is 3.04. The van der Waals surface area contributed by atoms with Crippen molar-refractivity contribution in [2.45, 2.75) is 32.0 Å². The van der Waals surface area contributed by atoms with Gasteiger partial charge < -0.3 is 5.32 Å². The topological polar surface area (TPSA) is 85.0 Å². The summed E-state index contributed by atoms with van der Waals surface area (Å²) < 4.78 is 40.1. The molecule has 3 rings (SSSR count). The Labute approximate surface area is 156 Å². The van der Waals surface area contributed by atoms with Gasteiger partial charge in [0, 0.05) is 25.5 Å². The number of aryl methyl sites for hydroxylation is 1. The van der Waals surface area contributed by atoms with Crippen molar-refractivity contribution in [3.63, 3.8) is 0 Å². The summed E-state index contributed by atoms with van der Waals surface area (Å²) in [6, 6.07) is -0.416. The molecule has 1 aliphatic heterocycles. The number of halogens is 3. The van der Waals surface area contributed by atoms with Crippen LogP contribution in [0.25, 0.3) is 0 Å². The number of rotatable bonds is 4. The van der Waals surface area contributed by atoms with E-state index in [-0.39, 0.29) is 12.5 Å². The number of nitrogens with zero attached hydrogens (tertiary/aromatic N) is 5. The molecule has 27 heavy (non-hydrogen) atoms. The van der Waals surface area contributed by atoms with Crippen LogP contribution in [0.15, 0.2) is 10.2 Å². The standard InChI is InChI=1S/C15H19F3N6O2S/c1-9-8-27-13(19-9)20-11(25)7-23-5-3-10(4-6-23)24-14(26)22(2)12(21-24)15(16,17)18/h8,10H,3-7H2,1-2H3,(H,19,20,25). The molecule has 3 heterocycles. The average Bonchev–Trinajstić information content (AvgIpc) is 3.12. The minimum absolute atomic E-state index is 0.163. The van der Waals surface area contributed by atoms with Gasteiger partial charge in [-0.2, -0.15) is 13.2 Å². The third-order valence-corrected chi connectivity index (χ3v) is 5.27. The van der Waals surface area contributed by atoms with Crippen LogP contribution in [-0.2, 0) is 18.0 Å². The molecule has 0 aliphatic carbocycles. The molecule has 0 aromatic carbocycles. The zero-order chi connectivity index (χ0) is 19.8. The molecule has 1 N–H and O–H groups in total. The molecule has 1 saturated heterocycles. The maximum atomic E-state index is 12.9. The Hall–Kier alpha value is -2.21. The molecule has 2 aromatic rings. The van der Waals surface area contributed by atoms with Gasteiger partial charge in [-0.3, -0.25) is 14.3 Å². The van der Waals surface area contributed by atoms with Crippen molar-refractivity contribution in [3.8, 4) is 0 Å². The van der Waals surface area contributed by atoms with Gasteiger partial charge in [0.25, 0.3) is 0 Å². The number of thiazole rings is 1. The first-order chi connectivity index (χ1) is 12.6. The summed E-state index contributed by atoms with van der Waals surface area (Å²) in [5, 5.41) is 8.57. The summed E-state index contributed by atoms with van der Waals surface area (Å²) in [5.74, 6) is -1.40. The number of carbonyl (C=O) groups excluding carboxylic acids is 1. The van der Waals surface area contributed by atoms with Gasteiger partial charge in [-0.15, -0.1) is 16.4 Å². The van der Waals surface area contributed by atoms with E-state index in [9.17, 15) is 22.8 Å². The molecular formula is C15H19F3N6O2S. The van der Waals surface area contributed by atoms with Gasteiger partial charge in [0.2, 0.25) is 11.7 Å². The highest BCUT2D eigenvalue weighted by molar-refractivity contribution is 7.13. The lowest BCUT2D eigenvalue weighted by atomic mass is 10.1. The lowest BCUT2D eigenvalue weighted by molar-refractivity contribution is -0.147. The van der Waals surface area contributed by atoms with E-state index in [2.05, 4.69) is 15.4 Å². The quantitative estimate of drug-likeness (QED) is 0.838. The zero-order valence-corrected chi connectivity index (χ0v) is 15.6. The first kappa shape index (κ1) is 19.5. The number of hydrogen-bond donors (Lipinski definition) is 1. The van der Waals surface area contributed by atoms with Crippen LogP contribution in [0.5, 0.6) is 0 Å². The second-order valence-electron chi connectivity index (χ2n) is 6.46. The SMILES string of the molecule is Cc1csc(NC(=O)CN2CCC(n3nc(C(F)(F)F)n(C)c3=O)CC2)n1. The summed E-state index contributed by atoms with van der Waals surface area (Å²) in [6.45, 7) is 2.97. The predicted molar refractivity (Wildman–Crippen MR) is 92.7 cm³/mol. The Kier molecular flexibility index (Phi) is 5.38. The van der Waals surface area contributed by atoms with Gasteiger partial charge in [0.1, 0.15) is 0 Å². The second-order valence-corrected chi connectivity index (χ2v) is 7.32. The Morgan fingerprint density at radius 2 is 2.04 bits per heavy atom. The molecular weight excluding hydrogens is 385 g/mol. The van der Waals surface area contributed by atoms with Gasteiger partial charge in [-0.05, 0) is 19.8 Å². The smallest absolute Gasteiger partial charge is 0.301 e. The summed E-state index contributed by atoms with van der Waals surface area (Å²) >= 11 is 1.34. The first-order valence-corrected chi connectivity index (χ1v) is 9.20. The highest BCUT2D eigenvalue weighted by atomic mass is 32.1. The maximum absolute atomic E-state index is 12.9. The number of carbonyl (C=O) groups is 1. The van der Waals surface area contributed by atoms with E-state index in [1.807, 2.05) is 17.2 Å². The zero-order valence-electron chi connectivity index (χ0n) is 14.8. The number of piperidine rings is 1. The summed E-state index contributed by atoms with van der Waals surface area (Å²) in [4.78, 5) is 30.2. The normalized spacial score (nSPS) is 16.6. The van der Waals surface area contributed by atoms with Crippen molar-refractivity contribution in [2.24, 2.45) is 7.05 Å². The summed E-state index contributed by atoms with van der Waals surface area (Å²) in [5.41, 5.74) is 0.0489. The third kappa shape index (κ3) is 4.38. The molecule has 1 amide bonds. The Morgan fingerprint density at radius 1 is 1.37 bits per heavy atom. The first-order valence-electron chi connectivity index (χ1n) is 8.32. The largest absolute Gasteiger partial charge is 0.451 e. The van der Waals surface area contributed by atoms with Crippen LogP contribution >= 0.6 is 11.3 Å². The monoisotopic (exact) mass is 404 g/mol. The molecule has 12 heteroatoms. The van der Waals surface area contributed by atoms with Gasteiger partial charge >= 0.3 is 11.9 Å². The maximum Gasteiger partial charge on any atom is 0.451 e.